The van der Waals surface area contributed by atoms with Crippen LogP contribution in [0, 0.1) is 11.6 Å². The quantitative estimate of drug-likeness (QED) is 0.584. The summed E-state index contributed by atoms with van der Waals surface area (Å²) >= 11 is 0. The molecule has 5 nitrogen and oxygen atoms in total. The Morgan fingerprint density at radius 3 is 2.63 bits per heavy atom. The van der Waals surface area contributed by atoms with Crippen LogP contribution in [0.5, 0.6) is 0 Å². The Morgan fingerprint density at radius 1 is 1.21 bits per heavy atom. The summed E-state index contributed by atoms with van der Waals surface area (Å²) in [5, 5.41) is 2.75. The number of hydrogen-bond donors (Lipinski definition) is 3. The van der Waals surface area contributed by atoms with Gasteiger partial charge in [0, 0.05) is 11.6 Å². The zero-order valence-electron chi connectivity index (χ0n) is 10.2. The van der Waals surface area contributed by atoms with E-state index in [0.717, 1.165) is 18.2 Å². The van der Waals surface area contributed by atoms with E-state index in [4.69, 9.17) is 5.84 Å². The number of rotatable bonds is 4. The minimum absolute atomic E-state index is 0.0105. The molecule has 0 unspecified atom stereocenters. The van der Waals surface area contributed by atoms with Gasteiger partial charge in [0.15, 0.2) is 0 Å². The molecule has 19 heavy (non-hydrogen) atoms. The van der Waals surface area contributed by atoms with Crippen molar-refractivity contribution in [2.75, 3.05) is 10.7 Å². The molecule has 0 bridgehead atoms. The Bertz CT molecular complexity index is 588. The second-order valence-corrected chi connectivity index (χ2v) is 3.80. The fourth-order valence-electron chi connectivity index (χ4n) is 1.70. The van der Waals surface area contributed by atoms with E-state index >= 15 is 0 Å². The van der Waals surface area contributed by atoms with Crippen molar-refractivity contribution in [3.63, 3.8) is 0 Å². The number of aromatic nitrogens is 2. The van der Waals surface area contributed by atoms with Gasteiger partial charge < -0.3 is 10.7 Å². The van der Waals surface area contributed by atoms with Crippen LogP contribution >= 0.6 is 0 Å². The first-order chi connectivity index (χ1) is 9.15. The van der Waals surface area contributed by atoms with Crippen molar-refractivity contribution in [1.29, 1.82) is 0 Å². The molecule has 0 saturated carbocycles. The molecular formula is C12H13F2N5. The standard InChI is InChI=1S/C12H13F2N5/c1-2-8-11(16-6-17-12(8)19-15)18-10-5-7(13)3-4-9(10)14/h3-6H,2,15H2,1H3,(H2,16,17,18,19). The number of anilines is 3. The van der Waals surface area contributed by atoms with Crippen molar-refractivity contribution in [2.24, 2.45) is 5.84 Å². The van der Waals surface area contributed by atoms with Gasteiger partial charge >= 0.3 is 0 Å². The molecule has 1 aromatic carbocycles. The Hall–Kier alpha value is -2.28. The molecule has 0 atom stereocenters. The van der Waals surface area contributed by atoms with Crippen LogP contribution in [0.15, 0.2) is 24.5 Å². The lowest BCUT2D eigenvalue weighted by molar-refractivity contribution is 0.603. The topological polar surface area (TPSA) is 75.9 Å². The largest absolute Gasteiger partial charge is 0.337 e. The molecular weight excluding hydrogens is 252 g/mol. The van der Waals surface area contributed by atoms with E-state index in [0.29, 0.717) is 23.6 Å². The summed E-state index contributed by atoms with van der Waals surface area (Å²) in [6.45, 7) is 1.88. The number of nitrogens with zero attached hydrogens (tertiary/aromatic N) is 2. The SMILES string of the molecule is CCc1c(NN)ncnc1Nc1cc(F)ccc1F. The molecule has 0 aliphatic carbocycles. The van der Waals surface area contributed by atoms with E-state index in [1.807, 2.05) is 6.92 Å². The van der Waals surface area contributed by atoms with Crippen molar-refractivity contribution < 1.29 is 8.78 Å². The van der Waals surface area contributed by atoms with E-state index in [9.17, 15) is 8.78 Å². The lowest BCUT2D eigenvalue weighted by Gasteiger charge is -2.13. The highest BCUT2D eigenvalue weighted by molar-refractivity contribution is 5.64. The first-order valence-electron chi connectivity index (χ1n) is 5.68. The van der Waals surface area contributed by atoms with Gasteiger partial charge in [0.05, 0.1) is 5.69 Å². The average molecular weight is 265 g/mol. The van der Waals surface area contributed by atoms with Crippen LogP contribution in [0.4, 0.5) is 26.1 Å². The van der Waals surface area contributed by atoms with Crippen molar-refractivity contribution in [2.45, 2.75) is 13.3 Å². The molecule has 0 fully saturated rings. The van der Waals surface area contributed by atoms with Gasteiger partial charge in [0.2, 0.25) is 0 Å². The monoisotopic (exact) mass is 265 g/mol. The van der Waals surface area contributed by atoms with Crippen LogP contribution in [0.1, 0.15) is 12.5 Å². The van der Waals surface area contributed by atoms with Crippen molar-refractivity contribution in [1.82, 2.24) is 9.97 Å². The Labute approximate surface area is 108 Å². The van der Waals surface area contributed by atoms with Gasteiger partial charge in [-0.2, -0.15) is 0 Å². The van der Waals surface area contributed by atoms with E-state index in [2.05, 4.69) is 20.7 Å². The normalized spacial score (nSPS) is 10.3. The zero-order chi connectivity index (χ0) is 13.8. The van der Waals surface area contributed by atoms with Crippen LogP contribution in [-0.4, -0.2) is 9.97 Å². The van der Waals surface area contributed by atoms with Crippen LogP contribution in [0.25, 0.3) is 0 Å². The number of hydrogen-bond acceptors (Lipinski definition) is 5. The van der Waals surface area contributed by atoms with Gasteiger partial charge in [0.1, 0.15) is 29.6 Å². The van der Waals surface area contributed by atoms with E-state index in [-0.39, 0.29) is 5.69 Å². The predicted octanol–water partition coefficient (Wildman–Crippen LogP) is 2.35. The molecule has 0 saturated heterocycles. The third-order valence-electron chi connectivity index (χ3n) is 2.62. The Balaban J connectivity index is 2.40. The second-order valence-electron chi connectivity index (χ2n) is 3.80. The van der Waals surface area contributed by atoms with Crippen LogP contribution in [0.2, 0.25) is 0 Å². The summed E-state index contributed by atoms with van der Waals surface area (Å²) in [4.78, 5) is 7.97. The Kier molecular flexibility index (Phi) is 3.86. The highest BCUT2D eigenvalue weighted by Crippen LogP contribution is 2.25. The summed E-state index contributed by atoms with van der Waals surface area (Å²) in [6.07, 6.45) is 1.87. The zero-order valence-corrected chi connectivity index (χ0v) is 10.2. The minimum Gasteiger partial charge on any atom is -0.337 e. The van der Waals surface area contributed by atoms with Crippen molar-refractivity contribution in [3.8, 4) is 0 Å². The maximum atomic E-state index is 13.6. The van der Waals surface area contributed by atoms with Gasteiger partial charge in [-0.15, -0.1) is 0 Å². The van der Waals surface area contributed by atoms with Crippen LogP contribution < -0.4 is 16.6 Å². The molecule has 7 heteroatoms. The number of nitrogens with one attached hydrogen (secondary N) is 2. The lowest BCUT2D eigenvalue weighted by atomic mass is 10.2. The van der Waals surface area contributed by atoms with Gasteiger partial charge in [-0.05, 0) is 18.6 Å². The maximum Gasteiger partial charge on any atom is 0.148 e. The van der Waals surface area contributed by atoms with Gasteiger partial charge in [0.25, 0.3) is 0 Å². The van der Waals surface area contributed by atoms with Gasteiger partial charge in [-0.25, -0.2) is 24.6 Å². The first-order valence-corrected chi connectivity index (χ1v) is 5.68. The summed E-state index contributed by atoms with van der Waals surface area (Å²) in [7, 11) is 0. The number of hydrazine groups is 1. The first kappa shape index (κ1) is 13.2. The van der Waals surface area contributed by atoms with Crippen LogP contribution in [-0.2, 0) is 6.42 Å². The molecule has 1 aromatic heterocycles. The fraction of sp³-hybridized carbons (Fsp3) is 0.167. The van der Waals surface area contributed by atoms with E-state index in [1.54, 1.807) is 0 Å². The number of benzene rings is 1. The second kappa shape index (κ2) is 5.57. The van der Waals surface area contributed by atoms with Gasteiger partial charge in [-0.1, -0.05) is 6.92 Å². The molecule has 1 heterocycles. The summed E-state index contributed by atoms with van der Waals surface area (Å²) in [5.41, 5.74) is 3.14. The van der Waals surface area contributed by atoms with Crippen LogP contribution in [0.3, 0.4) is 0 Å². The molecule has 0 spiro atoms. The Morgan fingerprint density at radius 2 is 1.95 bits per heavy atom. The molecule has 4 N–H and O–H groups in total. The van der Waals surface area contributed by atoms with Crippen molar-refractivity contribution >= 4 is 17.3 Å². The van der Waals surface area contributed by atoms with Gasteiger partial charge in [-0.3, -0.25) is 0 Å². The smallest absolute Gasteiger partial charge is 0.148 e. The minimum atomic E-state index is -0.565. The highest BCUT2D eigenvalue weighted by atomic mass is 19.1. The van der Waals surface area contributed by atoms with Crippen molar-refractivity contribution in [3.05, 3.63) is 41.7 Å². The third kappa shape index (κ3) is 2.76. The summed E-state index contributed by atoms with van der Waals surface area (Å²) in [6, 6.07) is 3.16. The average Bonchev–Trinajstić information content (AvgIpc) is 2.42. The molecule has 0 amide bonds. The van der Waals surface area contributed by atoms with E-state index < -0.39 is 11.6 Å². The molecule has 2 rings (SSSR count). The third-order valence-corrected chi connectivity index (χ3v) is 2.62. The molecule has 0 aliphatic heterocycles. The molecule has 0 aliphatic rings. The van der Waals surface area contributed by atoms with E-state index in [1.165, 1.54) is 6.33 Å². The molecule has 0 radical (unpaired) electrons. The maximum absolute atomic E-state index is 13.6. The predicted molar refractivity (Wildman–Crippen MR) is 68.9 cm³/mol. The number of nitrogen functional groups attached to an aromatic ring is 1. The number of nitrogens with two attached hydrogens (primary N) is 1. The summed E-state index contributed by atoms with van der Waals surface area (Å²) in [5.74, 6) is 5.07. The molecule has 2 aromatic rings. The highest BCUT2D eigenvalue weighted by Gasteiger charge is 2.11. The lowest BCUT2D eigenvalue weighted by Crippen LogP contribution is -2.13. The molecule has 100 valence electrons. The summed E-state index contributed by atoms with van der Waals surface area (Å²) < 4.78 is 26.7. The fourth-order valence-corrected chi connectivity index (χ4v) is 1.70. The number of halogens is 2.